The fraction of sp³-hybridized carbons (Fsp3) is 0.500. The van der Waals surface area contributed by atoms with E-state index in [0.717, 1.165) is 18.7 Å². The molecule has 1 rings (SSSR count). The molecule has 0 amide bonds. The summed E-state index contributed by atoms with van der Waals surface area (Å²) in [6, 6.07) is 7.80. The second kappa shape index (κ2) is 8.82. The molecule has 0 fully saturated rings. The number of thioether (sulfide) groups is 1. The normalized spacial score (nSPS) is 12.1. The van der Waals surface area contributed by atoms with Crippen molar-refractivity contribution in [2.75, 3.05) is 25.1 Å². The Bertz CT molecular complexity index is 409. The highest BCUT2D eigenvalue weighted by Crippen LogP contribution is 2.09. The summed E-state index contributed by atoms with van der Waals surface area (Å²) in [7, 11) is 2.12. The standard InChI is InChI=1S/C14H23N3OS/c1-3-19-9-5-8-17(2)11-12-6-4-7-13(10-12)14(15)16-18/h4,6-7,10,18H,3,5,8-9,11H2,1-2H3,(H2,15,16). The maximum absolute atomic E-state index is 8.68. The first-order chi connectivity index (χ1) is 9.17. The van der Waals surface area contributed by atoms with Crippen LogP contribution in [-0.4, -0.2) is 41.0 Å². The van der Waals surface area contributed by atoms with Crippen LogP contribution in [0.4, 0.5) is 0 Å². The summed E-state index contributed by atoms with van der Waals surface area (Å²) in [4.78, 5) is 2.29. The van der Waals surface area contributed by atoms with E-state index < -0.39 is 0 Å². The predicted octanol–water partition coefficient (Wildman–Crippen LogP) is 2.36. The maximum atomic E-state index is 8.68. The molecule has 0 aromatic heterocycles. The minimum Gasteiger partial charge on any atom is -0.409 e. The first kappa shape index (κ1) is 15.9. The minimum absolute atomic E-state index is 0.156. The van der Waals surface area contributed by atoms with Gasteiger partial charge >= 0.3 is 0 Å². The lowest BCUT2D eigenvalue weighted by molar-refractivity contribution is 0.318. The van der Waals surface area contributed by atoms with Crippen molar-refractivity contribution in [3.63, 3.8) is 0 Å². The number of hydrogen-bond acceptors (Lipinski definition) is 4. The van der Waals surface area contributed by atoms with Crippen molar-refractivity contribution in [3.8, 4) is 0 Å². The molecule has 1 aromatic rings. The Balaban J connectivity index is 2.48. The minimum atomic E-state index is 0.156. The second-order valence-electron chi connectivity index (χ2n) is 4.47. The van der Waals surface area contributed by atoms with E-state index in [1.54, 1.807) is 0 Å². The maximum Gasteiger partial charge on any atom is 0.170 e. The average Bonchev–Trinajstić information content (AvgIpc) is 2.43. The van der Waals surface area contributed by atoms with Gasteiger partial charge < -0.3 is 15.8 Å². The number of nitrogens with two attached hydrogens (primary N) is 1. The Labute approximate surface area is 119 Å². The van der Waals surface area contributed by atoms with Crippen LogP contribution in [0.15, 0.2) is 29.4 Å². The van der Waals surface area contributed by atoms with Gasteiger partial charge in [0.1, 0.15) is 0 Å². The van der Waals surface area contributed by atoms with Crippen molar-refractivity contribution in [2.24, 2.45) is 10.9 Å². The Hall–Kier alpha value is -1.20. The highest BCUT2D eigenvalue weighted by Gasteiger charge is 2.03. The van der Waals surface area contributed by atoms with Crippen LogP contribution in [0.3, 0.4) is 0 Å². The molecule has 19 heavy (non-hydrogen) atoms. The molecule has 1 aromatic carbocycles. The molecule has 5 heteroatoms. The second-order valence-corrected chi connectivity index (χ2v) is 5.87. The van der Waals surface area contributed by atoms with E-state index in [1.807, 2.05) is 30.0 Å². The highest BCUT2D eigenvalue weighted by molar-refractivity contribution is 7.99. The van der Waals surface area contributed by atoms with Gasteiger partial charge in [-0.1, -0.05) is 30.3 Å². The molecule has 0 aliphatic rings. The van der Waals surface area contributed by atoms with Crippen molar-refractivity contribution >= 4 is 17.6 Å². The van der Waals surface area contributed by atoms with Crippen LogP contribution in [0.1, 0.15) is 24.5 Å². The summed E-state index contributed by atoms with van der Waals surface area (Å²) in [5.74, 6) is 2.56. The Morgan fingerprint density at radius 2 is 2.26 bits per heavy atom. The monoisotopic (exact) mass is 281 g/mol. The number of benzene rings is 1. The molecule has 0 aliphatic carbocycles. The zero-order valence-corrected chi connectivity index (χ0v) is 12.5. The largest absolute Gasteiger partial charge is 0.409 e. The van der Waals surface area contributed by atoms with Crippen LogP contribution in [-0.2, 0) is 6.54 Å². The van der Waals surface area contributed by atoms with E-state index in [9.17, 15) is 0 Å². The van der Waals surface area contributed by atoms with Gasteiger partial charge in [0.25, 0.3) is 0 Å². The van der Waals surface area contributed by atoms with Gasteiger partial charge in [-0.15, -0.1) is 0 Å². The van der Waals surface area contributed by atoms with E-state index in [2.05, 4.69) is 30.1 Å². The Morgan fingerprint density at radius 3 is 2.95 bits per heavy atom. The molecule has 0 spiro atoms. The summed E-state index contributed by atoms with van der Waals surface area (Å²) in [5, 5.41) is 11.7. The van der Waals surface area contributed by atoms with Crippen molar-refractivity contribution in [1.29, 1.82) is 0 Å². The highest BCUT2D eigenvalue weighted by atomic mass is 32.2. The zero-order chi connectivity index (χ0) is 14.1. The smallest absolute Gasteiger partial charge is 0.170 e. The number of nitrogens with zero attached hydrogens (tertiary/aromatic N) is 2. The van der Waals surface area contributed by atoms with Crippen LogP contribution in [0.2, 0.25) is 0 Å². The molecule has 106 valence electrons. The molecule has 0 aliphatic heterocycles. The molecule has 0 saturated heterocycles. The van der Waals surface area contributed by atoms with Crippen LogP contribution < -0.4 is 5.73 Å². The molecular weight excluding hydrogens is 258 g/mol. The van der Waals surface area contributed by atoms with Gasteiger partial charge in [0.2, 0.25) is 0 Å². The molecule has 4 nitrogen and oxygen atoms in total. The van der Waals surface area contributed by atoms with E-state index in [-0.39, 0.29) is 5.84 Å². The third kappa shape index (κ3) is 5.98. The lowest BCUT2D eigenvalue weighted by Gasteiger charge is -2.16. The molecule has 3 N–H and O–H groups in total. The van der Waals surface area contributed by atoms with Crippen LogP contribution >= 0.6 is 11.8 Å². The third-order valence-corrected chi connectivity index (χ3v) is 3.80. The van der Waals surface area contributed by atoms with Gasteiger partial charge in [-0.2, -0.15) is 11.8 Å². The lowest BCUT2D eigenvalue weighted by Crippen LogP contribution is -2.20. The lowest BCUT2D eigenvalue weighted by atomic mass is 10.1. The summed E-state index contributed by atoms with van der Waals surface area (Å²) >= 11 is 1.98. The summed E-state index contributed by atoms with van der Waals surface area (Å²) in [6.45, 7) is 4.15. The molecule has 0 bridgehead atoms. The summed E-state index contributed by atoms with van der Waals surface area (Å²) in [5.41, 5.74) is 7.53. The molecule has 0 heterocycles. The number of oxime groups is 1. The van der Waals surface area contributed by atoms with E-state index in [0.29, 0.717) is 0 Å². The quantitative estimate of drug-likeness (QED) is 0.252. The van der Waals surface area contributed by atoms with Gasteiger partial charge in [0.15, 0.2) is 5.84 Å². The topological polar surface area (TPSA) is 61.8 Å². The van der Waals surface area contributed by atoms with Crippen LogP contribution in [0.5, 0.6) is 0 Å². The van der Waals surface area contributed by atoms with Crippen LogP contribution in [0.25, 0.3) is 0 Å². The number of hydrogen-bond donors (Lipinski definition) is 2. The van der Waals surface area contributed by atoms with E-state index in [4.69, 9.17) is 10.9 Å². The van der Waals surface area contributed by atoms with Crippen molar-refractivity contribution in [3.05, 3.63) is 35.4 Å². The Kier molecular flexibility index (Phi) is 7.36. The zero-order valence-electron chi connectivity index (χ0n) is 11.7. The fourth-order valence-electron chi connectivity index (χ4n) is 1.86. The van der Waals surface area contributed by atoms with Gasteiger partial charge in [-0.3, -0.25) is 0 Å². The third-order valence-electron chi connectivity index (χ3n) is 2.82. The van der Waals surface area contributed by atoms with Crippen molar-refractivity contribution in [2.45, 2.75) is 19.9 Å². The first-order valence-electron chi connectivity index (χ1n) is 6.50. The van der Waals surface area contributed by atoms with Crippen LogP contribution in [0, 0.1) is 0 Å². The van der Waals surface area contributed by atoms with Gasteiger partial charge in [0, 0.05) is 12.1 Å². The molecule has 0 atom stereocenters. The molecule has 0 unspecified atom stereocenters. The van der Waals surface area contributed by atoms with Crippen molar-refractivity contribution in [1.82, 2.24) is 4.90 Å². The molecule has 0 saturated carbocycles. The summed E-state index contributed by atoms with van der Waals surface area (Å²) < 4.78 is 0. The Morgan fingerprint density at radius 1 is 1.47 bits per heavy atom. The average molecular weight is 281 g/mol. The van der Waals surface area contributed by atoms with Gasteiger partial charge in [0.05, 0.1) is 0 Å². The van der Waals surface area contributed by atoms with Gasteiger partial charge in [-0.25, -0.2) is 0 Å². The SMILES string of the molecule is CCSCCCN(C)Cc1cccc(/C(N)=N/O)c1. The predicted molar refractivity (Wildman–Crippen MR) is 82.9 cm³/mol. The number of amidine groups is 1. The van der Waals surface area contributed by atoms with E-state index in [1.165, 1.54) is 23.5 Å². The molecule has 0 radical (unpaired) electrons. The number of rotatable bonds is 8. The summed E-state index contributed by atoms with van der Waals surface area (Å²) in [6.07, 6.45) is 1.20. The van der Waals surface area contributed by atoms with E-state index >= 15 is 0 Å². The first-order valence-corrected chi connectivity index (χ1v) is 7.66. The van der Waals surface area contributed by atoms with Gasteiger partial charge in [-0.05, 0) is 43.1 Å². The fourth-order valence-corrected chi connectivity index (χ4v) is 2.48. The van der Waals surface area contributed by atoms with Crippen molar-refractivity contribution < 1.29 is 5.21 Å². The molecular formula is C14H23N3OS.